The van der Waals surface area contributed by atoms with E-state index in [4.69, 9.17) is 9.41 Å². The third-order valence-corrected chi connectivity index (χ3v) is 7.37. The molecule has 4 rings (SSSR count). The molecule has 0 amide bonds. The second kappa shape index (κ2) is 6.70. The Morgan fingerprint density at radius 2 is 2.22 bits per heavy atom. The minimum absolute atomic E-state index is 0.0711. The summed E-state index contributed by atoms with van der Waals surface area (Å²) >= 11 is 0. The van der Waals surface area contributed by atoms with Crippen molar-refractivity contribution in [1.29, 1.82) is 4.78 Å². The Kier molecular flexibility index (Phi) is 4.49. The lowest BCUT2D eigenvalue weighted by Gasteiger charge is -2.35. The number of fused-ring (bicyclic) bond motifs is 1. The van der Waals surface area contributed by atoms with E-state index in [0.717, 1.165) is 17.5 Å². The smallest absolute Gasteiger partial charge is 0.155 e. The van der Waals surface area contributed by atoms with Crippen molar-refractivity contribution in [3.05, 3.63) is 46.5 Å². The highest BCUT2D eigenvalue weighted by Crippen LogP contribution is 2.39. The summed E-state index contributed by atoms with van der Waals surface area (Å²) in [5.74, 6) is 0.0729. The van der Waals surface area contributed by atoms with E-state index in [1.165, 1.54) is 18.4 Å². The fourth-order valence-electron chi connectivity index (χ4n) is 4.02. The van der Waals surface area contributed by atoms with E-state index < -0.39 is 9.73 Å². The summed E-state index contributed by atoms with van der Waals surface area (Å²) in [6, 6.07) is 4.76. The Labute approximate surface area is 156 Å². The molecule has 2 N–H and O–H groups in total. The second-order valence-corrected chi connectivity index (χ2v) is 10.1. The van der Waals surface area contributed by atoms with Crippen molar-refractivity contribution in [3.63, 3.8) is 0 Å². The molecule has 1 saturated carbocycles. The molecule has 0 aliphatic heterocycles. The average Bonchev–Trinajstić information content (AvgIpc) is 3.00. The van der Waals surface area contributed by atoms with Gasteiger partial charge in [0, 0.05) is 27.7 Å². The molecule has 1 aromatic heterocycles. The summed E-state index contributed by atoms with van der Waals surface area (Å²) in [5.41, 5.74) is 3.45. The van der Waals surface area contributed by atoms with Gasteiger partial charge in [0.2, 0.25) is 0 Å². The van der Waals surface area contributed by atoms with Gasteiger partial charge in [-0.3, -0.25) is 4.78 Å². The first-order valence-electron chi connectivity index (χ1n) is 8.88. The Bertz CT molecular complexity index is 996. The molecule has 2 atom stereocenters. The molecular weight excluding hydrogens is 371 g/mol. The lowest BCUT2D eigenvalue weighted by Crippen LogP contribution is -2.36. The van der Waals surface area contributed by atoms with E-state index >= 15 is 0 Å². The molecule has 2 aliphatic carbocycles. The highest BCUT2D eigenvalue weighted by Gasteiger charge is 2.36. The minimum Gasteiger partial charge on any atom is -0.411 e. The zero-order valence-corrected chi connectivity index (χ0v) is 15.7. The molecule has 9 heteroatoms. The zero-order chi connectivity index (χ0) is 19.2. The lowest BCUT2D eigenvalue weighted by atomic mass is 9.74. The van der Waals surface area contributed by atoms with Crippen molar-refractivity contribution in [3.8, 4) is 0 Å². The molecule has 0 unspecified atom stereocenters. The van der Waals surface area contributed by atoms with Crippen molar-refractivity contribution in [2.24, 2.45) is 11.1 Å². The number of aromatic nitrogens is 2. The Morgan fingerprint density at radius 1 is 1.44 bits per heavy atom. The largest absolute Gasteiger partial charge is 0.411 e. The van der Waals surface area contributed by atoms with Crippen LogP contribution in [-0.4, -0.2) is 36.9 Å². The highest BCUT2D eigenvalue weighted by atomic mass is 32.2. The van der Waals surface area contributed by atoms with Crippen LogP contribution < -0.4 is 0 Å². The molecule has 0 saturated heterocycles. The first kappa shape index (κ1) is 18.1. The maximum Gasteiger partial charge on any atom is 0.155 e. The maximum atomic E-state index is 13.5. The molecular formula is C18H21FN4O3S. The van der Waals surface area contributed by atoms with Gasteiger partial charge in [-0.15, -0.1) is 0 Å². The van der Waals surface area contributed by atoms with Gasteiger partial charge in [-0.05, 0) is 65.9 Å². The van der Waals surface area contributed by atoms with Gasteiger partial charge in [0.05, 0.1) is 0 Å². The van der Waals surface area contributed by atoms with Crippen LogP contribution in [0.1, 0.15) is 47.7 Å². The van der Waals surface area contributed by atoms with E-state index in [-0.39, 0.29) is 22.9 Å². The van der Waals surface area contributed by atoms with E-state index in [1.807, 2.05) is 0 Å². The molecule has 144 valence electrons. The molecule has 1 fully saturated rings. The van der Waals surface area contributed by atoms with Crippen LogP contribution in [0.4, 0.5) is 4.39 Å². The van der Waals surface area contributed by atoms with Gasteiger partial charge in [0.1, 0.15) is 17.2 Å². The van der Waals surface area contributed by atoms with Crippen molar-refractivity contribution < 1.29 is 18.4 Å². The number of rotatable bonds is 6. The monoisotopic (exact) mass is 392 g/mol. The third kappa shape index (κ3) is 3.47. The quantitative estimate of drug-likeness (QED) is 0.446. The number of oxime groups is 1. The van der Waals surface area contributed by atoms with Gasteiger partial charge in [-0.25, -0.2) is 13.2 Å². The van der Waals surface area contributed by atoms with Crippen molar-refractivity contribution >= 4 is 15.4 Å². The van der Waals surface area contributed by atoms with Crippen molar-refractivity contribution in [2.75, 3.05) is 6.26 Å². The molecule has 1 heterocycles. The molecule has 27 heavy (non-hydrogen) atoms. The molecule has 0 spiro atoms. The zero-order valence-electron chi connectivity index (χ0n) is 14.9. The number of hydrogen-bond acceptors (Lipinski definition) is 7. The summed E-state index contributed by atoms with van der Waals surface area (Å²) in [4.78, 5) is 0. The van der Waals surface area contributed by atoms with E-state index in [9.17, 15) is 13.8 Å². The van der Waals surface area contributed by atoms with Gasteiger partial charge < -0.3 is 5.21 Å². The molecule has 0 bridgehead atoms. The Morgan fingerprint density at radius 3 is 2.93 bits per heavy atom. The van der Waals surface area contributed by atoms with Crippen molar-refractivity contribution in [2.45, 2.75) is 43.3 Å². The van der Waals surface area contributed by atoms with Gasteiger partial charge in [-0.1, -0.05) is 16.4 Å². The fraction of sp³-hybridized carbons (Fsp3) is 0.500. The van der Waals surface area contributed by atoms with E-state index in [0.29, 0.717) is 42.8 Å². The minimum atomic E-state index is -2.51. The SMILES string of the molecule is C[S@](=N)(=O)C1CC(Cc2nonc2/C(C[C@@H]2Cc3ccc(F)cc32)=N\O)C1. The summed E-state index contributed by atoms with van der Waals surface area (Å²) < 4.78 is 37.7. The van der Waals surface area contributed by atoms with E-state index in [2.05, 4.69) is 15.5 Å². The second-order valence-electron chi connectivity index (χ2n) is 7.62. The number of hydrogen-bond donors (Lipinski definition) is 2. The van der Waals surface area contributed by atoms with Gasteiger partial charge in [-0.2, -0.15) is 0 Å². The molecule has 1 aromatic carbocycles. The Hall–Kier alpha value is -2.29. The third-order valence-electron chi connectivity index (χ3n) is 5.71. The standard InChI is InChI=1S/C18H21FN4O3S/c1-27(20,25)14-4-10(5-14)6-17-18(23-26-22-17)16(21-24)8-12-7-11-2-3-13(19)9-15(11)12/h2-3,9-10,12,14,20,24H,4-8H2,1H3/b21-16-/t10?,12-,14?,27-/m0/s1. The fourth-order valence-corrected chi connectivity index (χ4v) is 5.30. The summed E-state index contributed by atoms with van der Waals surface area (Å²) in [6.07, 6.45) is 4.72. The summed E-state index contributed by atoms with van der Waals surface area (Å²) in [6.45, 7) is 0. The van der Waals surface area contributed by atoms with Crippen LogP contribution in [0.5, 0.6) is 0 Å². The molecule has 0 radical (unpaired) electrons. The highest BCUT2D eigenvalue weighted by molar-refractivity contribution is 7.92. The normalized spacial score (nSPS) is 26.6. The average molecular weight is 392 g/mol. The van der Waals surface area contributed by atoms with Crippen LogP contribution in [0, 0.1) is 16.5 Å². The molecule has 7 nitrogen and oxygen atoms in total. The van der Waals surface area contributed by atoms with Crippen LogP contribution >= 0.6 is 0 Å². The number of halogens is 1. The lowest BCUT2D eigenvalue weighted by molar-refractivity contribution is 0.286. The van der Waals surface area contributed by atoms with Crippen LogP contribution in [0.15, 0.2) is 28.0 Å². The van der Waals surface area contributed by atoms with Crippen LogP contribution in [0.25, 0.3) is 0 Å². The van der Waals surface area contributed by atoms with Gasteiger partial charge in [0.25, 0.3) is 0 Å². The molecule has 2 aromatic rings. The molecule has 2 aliphatic rings. The summed E-state index contributed by atoms with van der Waals surface area (Å²) in [7, 11) is -2.51. The predicted molar refractivity (Wildman–Crippen MR) is 97.1 cm³/mol. The summed E-state index contributed by atoms with van der Waals surface area (Å²) in [5, 5.41) is 20.7. The Balaban J connectivity index is 1.44. The van der Waals surface area contributed by atoms with Gasteiger partial charge >= 0.3 is 0 Å². The van der Waals surface area contributed by atoms with Crippen LogP contribution in [0.3, 0.4) is 0 Å². The maximum absolute atomic E-state index is 13.5. The van der Waals surface area contributed by atoms with Crippen molar-refractivity contribution in [1.82, 2.24) is 10.3 Å². The van der Waals surface area contributed by atoms with Crippen LogP contribution in [-0.2, 0) is 22.6 Å². The number of nitrogens with zero attached hydrogens (tertiary/aromatic N) is 3. The van der Waals surface area contributed by atoms with Gasteiger partial charge in [0.15, 0.2) is 5.69 Å². The first-order chi connectivity index (χ1) is 12.8. The first-order valence-corrected chi connectivity index (χ1v) is 10.9. The number of benzene rings is 1. The predicted octanol–water partition coefficient (Wildman–Crippen LogP) is 3.11. The van der Waals surface area contributed by atoms with E-state index in [1.54, 1.807) is 6.07 Å². The van der Waals surface area contributed by atoms with Crippen LogP contribution in [0.2, 0.25) is 0 Å². The topological polar surface area (TPSA) is 112 Å². The number of nitrogens with one attached hydrogen (secondary N) is 1.